The van der Waals surface area contributed by atoms with Crippen molar-refractivity contribution in [2.75, 3.05) is 4.72 Å². The predicted octanol–water partition coefficient (Wildman–Crippen LogP) is 0.0746. The smallest absolute Gasteiger partial charge is 0.263 e. The van der Waals surface area contributed by atoms with Crippen LogP contribution in [-0.2, 0) is 23.6 Å². The molecule has 0 saturated heterocycles. The Morgan fingerprint density at radius 1 is 1.39 bits per heavy atom. The highest BCUT2D eigenvalue weighted by Gasteiger charge is 2.17. The lowest BCUT2D eigenvalue weighted by atomic mass is 10.4. The van der Waals surface area contributed by atoms with Crippen LogP contribution in [-0.4, -0.2) is 23.0 Å². The number of nitrogens with zero attached hydrogens (tertiary/aromatic N) is 3. The molecule has 0 radical (unpaired) electrons. The second-order valence-corrected chi connectivity index (χ2v) is 5.40. The van der Waals surface area contributed by atoms with Crippen LogP contribution in [0.3, 0.4) is 0 Å². The van der Waals surface area contributed by atoms with Crippen molar-refractivity contribution in [3.05, 3.63) is 36.7 Å². The lowest BCUT2D eigenvalue weighted by molar-refractivity contribution is 0.601. The van der Waals surface area contributed by atoms with E-state index in [-0.39, 0.29) is 11.4 Å². The number of sulfonamides is 1. The van der Waals surface area contributed by atoms with E-state index in [0.717, 1.165) is 5.69 Å². The van der Waals surface area contributed by atoms with Crippen molar-refractivity contribution >= 4 is 15.7 Å². The Hall–Kier alpha value is -1.93. The number of rotatable bonds is 4. The number of aromatic nitrogens is 3. The van der Waals surface area contributed by atoms with Crippen molar-refractivity contribution in [2.24, 2.45) is 12.8 Å². The summed E-state index contributed by atoms with van der Waals surface area (Å²) < 4.78 is 28.2. The van der Waals surface area contributed by atoms with Crippen molar-refractivity contribution < 1.29 is 8.42 Å². The maximum atomic E-state index is 12.1. The van der Waals surface area contributed by atoms with E-state index >= 15 is 0 Å². The average molecular weight is 267 g/mol. The first-order valence-electron chi connectivity index (χ1n) is 5.16. The lowest BCUT2D eigenvalue weighted by Crippen LogP contribution is -2.12. The normalized spacial score (nSPS) is 11.4. The zero-order valence-electron chi connectivity index (χ0n) is 9.74. The molecule has 0 aliphatic heterocycles. The molecule has 2 rings (SSSR count). The maximum absolute atomic E-state index is 12.1. The summed E-state index contributed by atoms with van der Waals surface area (Å²) in [5.41, 5.74) is 6.56. The molecule has 0 unspecified atom stereocenters. The van der Waals surface area contributed by atoms with Crippen molar-refractivity contribution in [2.45, 2.75) is 11.4 Å². The topological polar surface area (TPSA) is 103 Å². The minimum Gasteiger partial charge on any atom is -0.352 e. The monoisotopic (exact) mass is 267 g/mol. The van der Waals surface area contributed by atoms with Crippen LogP contribution in [0.2, 0.25) is 0 Å². The highest BCUT2D eigenvalue weighted by Crippen LogP contribution is 2.16. The third kappa shape index (κ3) is 2.49. The molecule has 7 nitrogen and oxygen atoms in total. The zero-order chi connectivity index (χ0) is 13.2. The first-order chi connectivity index (χ1) is 8.53. The number of hydrogen-bond donors (Lipinski definition) is 2. The summed E-state index contributed by atoms with van der Waals surface area (Å²) in [6.45, 7) is 0.278. The van der Waals surface area contributed by atoms with Gasteiger partial charge in [-0.05, 0) is 6.07 Å². The Morgan fingerprint density at radius 3 is 2.61 bits per heavy atom. The van der Waals surface area contributed by atoms with Gasteiger partial charge in [-0.2, -0.15) is 0 Å². The van der Waals surface area contributed by atoms with Gasteiger partial charge in [-0.3, -0.25) is 4.72 Å². The molecule has 0 saturated carbocycles. The van der Waals surface area contributed by atoms with E-state index in [1.165, 1.54) is 31.0 Å². The van der Waals surface area contributed by atoms with Gasteiger partial charge in [-0.25, -0.2) is 18.4 Å². The van der Waals surface area contributed by atoms with E-state index in [4.69, 9.17) is 5.73 Å². The van der Waals surface area contributed by atoms with Crippen LogP contribution in [0.5, 0.6) is 0 Å². The molecule has 0 aliphatic rings. The Bertz CT molecular complexity index is 636. The summed E-state index contributed by atoms with van der Waals surface area (Å²) >= 11 is 0. The molecule has 18 heavy (non-hydrogen) atoms. The summed E-state index contributed by atoms with van der Waals surface area (Å²) in [6.07, 6.45) is 5.61. The van der Waals surface area contributed by atoms with Gasteiger partial charge in [0.2, 0.25) is 0 Å². The number of nitrogens with two attached hydrogens (primary N) is 1. The molecular weight excluding hydrogens is 254 g/mol. The fraction of sp³-hybridized carbons (Fsp3) is 0.200. The van der Waals surface area contributed by atoms with Gasteiger partial charge in [0.05, 0.1) is 18.1 Å². The van der Waals surface area contributed by atoms with Gasteiger partial charge in [-0.1, -0.05) is 0 Å². The Morgan fingerprint density at radius 2 is 2.06 bits per heavy atom. The molecular formula is C10H13N5O2S. The molecule has 0 fully saturated rings. The highest BCUT2D eigenvalue weighted by molar-refractivity contribution is 7.92. The molecule has 96 valence electrons. The Kier molecular flexibility index (Phi) is 3.30. The third-order valence-corrected chi connectivity index (χ3v) is 3.76. The van der Waals surface area contributed by atoms with Gasteiger partial charge in [-0.15, -0.1) is 0 Å². The van der Waals surface area contributed by atoms with E-state index in [9.17, 15) is 8.42 Å². The molecule has 3 N–H and O–H groups in total. The van der Waals surface area contributed by atoms with E-state index in [2.05, 4.69) is 14.7 Å². The van der Waals surface area contributed by atoms with Gasteiger partial charge in [0.25, 0.3) is 10.0 Å². The van der Waals surface area contributed by atoms with Crippen LogP contribution in [0.1, 0.15) is 5.69 Å². The second kappa shape index (κ2) is 4.75. The fourth-order valence-electron chi connectivity index (χ4n) is 1.49. The predicted molar refractivity (Wildman–Crippen MR) is 66.1 cm³/mol. The molecule has 0 atom stereocenters. The molecule has 0 bridgehead atoms. The summed E-state index contributed by atoms with van der Waals surface area (Å²) in [4.78, 5) is 7.64. The molecule has 0 aromatic carbocycles. The van der Waals surface area contributed by atoms with Crippen molar-refractivity contribution in [3.63, 3.8) is 0 Å². The molecule has 2 heterocycles. The number of nitrogens with one attached hydrogen (secondary N) is 1. The third-order valence-electron chi connectivity index (χ3n) is 2.42. The van der Waals surface area contributed by atoms with Crippen molar-refractivity contribution in [1.82, 2.24) is 14.5 Å². The van der Waals surface area contributed by atoms with Gasteiger partial charge < -0.3 is 10.3 Å². The molecule has 2 aromatic rings. The second-order valence-electron chi connectivity index (χ2n) is 3.71. The minimum atomic E-state index is -3.63. The number of anilines is 1. The van der Waals surface area contributed by atoms with E-state index in [1.54, 1.807) is 11.6 Å². The van der Waals surface area contributed by atoms with Crippen LogP contribution in [0.15, 0.2) is 35.9 Å². The van der Waals surface area contributed by atoms with E-state index in [0.29, 0.717) is 5.69 Å². The van der Waals surface area contributed by atoms with Gasteiger partial charge in [0.1, 0.15) is 11.2 Å². The fourth-order valence-corrected chi connectivity index (χ4v) is 2.61. The van der Waals surface area contributed by atoms with Crippen LogP contribution in [0, 0.1) is 0 Å². The van der Waals surface area contributed by atoms with Crippen LogP contribution >= 0.6 is 0 Å². The van der Waals surface area contributed by atoms with E-state index in [1.807, 2.05) is 0 Å². The Labute approximate surface area is 105 Å². The van der Waals surface area contributed by atoms with Crippen LogP contribution < -0.4 is 10.5 Å². The zero-order valence-corrected chi connectivity index (χ0v) is 10.6. The minimum absolute atomic E-state index is 0.161. The number of aryl methyl sites for hydroxylation is 1. The van der Waals surface area contributed by atoms with Gasteiger partial charge in [0, 0.05) is 25.5 Å². The SMILES string of the molecule is Cn1cc(S(=O)(=O)Nc2cncnc2)cc1CN. The van der Waals surface area contributed by atoms with E-state index < -0.39 is 10.0 Å². The average Bonchev–Trinajstić information content (AvgIpc) is 2.72. The summed E-state index contributed by atoms with van der Waals surface area (Å²) in [7, 11) is -1.89. The lowest BCUT2D eigenvalue weighted by Gasteiger charge is -2.04. The molecule has 8 heteroatoms. The first kappa shape index (κ1) is 12.5. The standard InChI is InChI=1S/C10H13N5O2S/c1-15-6-10(2-9(15)3-11)18(16,17)14-8-4-12-7-13-5-8/h2,4-7,14H,3,11H2,1H3. The van der Waals surface area contributed by atoms with Crippen LogP contribution in [0.4, 0.5) is 5.69 Å². The summed E-state index contributed by atoms with van der Waals surface area (Å²) in [5.74, 6) is 0. The van der Waals surface area contributed by atoms with Crippen molar-refractivity contribution in [1.29, 1.82) is 0 Å². The molecule has 0 aliphatic carbocycles. The first-order valence-corrected chi connectivity index (χ1v) is 6.64. The highest BCUT2D eigenvalue weighted by atomic mass is 32.2. The largest absolute Gasteiger partial charge is 0.352 e. The van der Waals surface area contributed by atoms with Crippen molar-refractivity contribution in [3.8, 4) is 0 Å². The quantitative estimate of drug-likeness (QED) is 0.816. The number of hydrogen-bond acceptors (Lipinski definition) is 5. The Balaban J connectivity index is 2.31. The molecule has 0 spiro atoms. The molecule has 0 amide bonds. The van der Waals surface area contributed by atoms with Crippen LogP contribution in [0.25, 0.3) is 0 Å². The molecule has 2 aromatic heterocycles. The van der Waals surface area contributed by atoms with Gasteiger partial charge in [0.15, 0.2) is 0 Å². The summed E-state index contributed by atoms with van der Waals surface area (Å²) in [5, 5.41) is 0. The maximum Gasteiger partial charge on any atom is 0.263 e. The van der Waals surface area contributed by atoms with Gasteiger partial charge >= 0.3 is 0 Å². The summed E-state index contributed by atoms with van der Waals surface area (Å²) in [6, 6.07) is 1.53.